The number of benzene rings is 1. The maximum absolute atomic E-state index is 12.5. The highest BCUT2D eigenvalue weighted by Crippen LogP contribution is 2.55. The van der Waals surface area contributed by atoms with Gasteiger partial charge in [-0.15, -0.1) is 11.8 Å². The van der Waals surface area contributed by atoms with Gasteiger partial charge in [-0.3, -0.25) is 4.79 Å². The van der Waals surface area contributed by atoms with Gasteiger partial charge in [0.05, 0.1) is 12.4 Å². The molecule has 0 aromatic heterocycles. The molecule has 5 rings (SSSR count). The molecule has 1 aromatic carbocycles. The van der Waals surface area contributed by atoms with Gasteiger partial charge in [-0.2, -0.15) is 0 Å². The zero-order valence-electron chi connectivity index (χ0n) is 14.4. The monoisotopic (exact) mass is 345 g/mol. The Kier molecular flexibility index (Phi) is 4.50. The Morgan fingerprint density at radius 1 is 1.12 bits per heavy atom. The largest absolute Gasteiger partial charge is 0.494 e. The van der Waals surface area contributed by atoms with Gasteiger partial charge in [0.2, 0.25) is 5.91 Å². The summed E-state index contributed by atoms with van der Waals surface area (Å²) in [6, 6.07) is 8.02. The zero-order chi connectivity index (χ0) is 16.6. The third-order valence-corrected chi connectivity index (χ3v) is 6.96. The molecule has 4 heteroatoms. The Bertz CT molecular complexity index is 563. The molecule has 4 aliphatic carbocycles. The van der Waals surface area contributed by atoms with Crippen LogP contribution in [0.25, 0.3) is 0 Å². The summed E-state index contributed by atoms with van der Waals surface area (Å²) in [5.41, 5.74) is 0.130. The second-order valence-corrected chi connectivity index (χ2v) is 8.99. The smallest absolute Gasteiger partial charge is 0.230 e. The first-order valence-electron chi connectivity index (χ1n) is 9.31. The van der Waals surface area contributed by atoms with E-state index in [4.69, 9.17) is 4.74 Å². The zero-order valence-corrected chi connectivity index (χ0v) is 15.2. The fourth-order valence-corrected chi connectivity index (χ4v) is 6.24. The van der Waals surface area contributed by atoms with Gasteiger partial charge < -0.3 is 10.1 Å². The van der Waals surface area contributed by atoms with E-state index in [-0.39, 0.29) is 11.4 Å². The summed E-state index contributed by atoms with van der Waals surface area (Å²) >= 11 is 1.62. The molecule has 1 N–H and O–H groups in total. The molecule has 4 bridgehead atoms. The van der Waals surface area contributed by atoms with Crippen molar-refractivity contribution >= 4 is 17.7 Å². The third-order valence-electron chi connectivity index (χ3n) is 5.95. The van der Waals surface area contributed by atoms with Gasteiger partial charge in [0.1, 0.15) is 5.75 Å². The van der Waals surface area contributed by atoms with E-state index in [1.54, 1.807) is 11.8 Å². The van der Waals surface area contributed by atoms with Crippen molar-refractivity contribution < 1.29 is 9.53 Å². The Balaban J connectivity index is 1.31. The number of nitrogens with one attached hydrogen (secondary N) is 1. The molecule has 4 aliphatic rings. The predicted octanol–water partition coefficient (Wildman–Crippen LogP) is 4.26. The lowest BCUT2D eigenvalue weighted by Crippen LogP contribution is -2.60. The Labute approximate surface area is 148 Å². The van der Waals surface area contributed by atoms with Gasteiger partial charge in [0.25, 0.3) is 0 Å². The lowest BCUT2D eigenvalue weighted by Gasteiger charge is -2.56. The van der Waals surface area contributed by atoms with Gasteiger partial charge in [-0.1, -0.05) is 0 Å². The summed E-state index contributed by atoms with van der Waals surface area (Å²) in [5.74, 6) is 4.21. The lowest BCUT2D eigenvalue weighted by atomic mass is 9.53. The highest BCUT2D eigenvalue weighted by Gasteiger charge is 2.51. The number of hydrogen-bond donors (Lipinski definition) is 1. The van der Waals surface area contributed by atoms with Crippen molar-refractivity contribution in [2.75, 3.05) is 12.4 Å². The molecule has 0 unspecified atom stereocenters. The molecular formula is C20H27NO2S. The van der Waals surface area contributed by atoms with Crippen LogP contribution >= 0.6 is 11.8 Å². The van der Waals surface area contributed by atoms with Crippen LogP contribution < -0.4 is 10.1 Å². The number of rotatable bonds is 6. The third kappa shape index (κ3) is 3.44. The lowest BCUT2D eigenvalue weighted by molar-refractivity contribution is -0.124. The summed E-state index contributed by atoms with van der Waals surface area (Å²) in [6.07, 6.45) is 7.90. The first kappa shape index (κ1) is 16.3. The molecule has 130 valence electrons. The van der Waals surface area contributed by atoms with Crippen molar-refractivity contribution in [2.45, 2.75) is 55.9 Å². The highest BCUT2D eigenvalue weighted by atomic mass is 32.2. The number of carbonyl (C=O) groups is 1. The fraction of sp³-hybridized carbons (Fsp3) is 0.650. The Morgan fingerprint density at radius 2 is 1.71 bits per heavy atom. The van der Waals surface area contributed by atoms with Crippen molar-refractivity contribution in [2.24, 2.45) is 17.8 Å². The van der Waals surface area contributed by atoms with E-state index in [1.807, 2.05) is 31.2 Å². The summed E-state index contributed by atoms with van der Waals surface area (Å²) in [6.45, 7) is 2.66. The van der Waals surface area contributed by atoms with Gasteiger partial charge in [-0.25, -0.2) is 0 Å². The van der Waals surface area contributed by atoms with Crippen LogP contribution in [0, 0.1) is 17.8 Å². The molecule has 0 saturated heterocycles. The van der Waals surface area contributed by atoms with E-state index in [9.17, 15) is 4.79 Å². The summed E-state index contributed by atoms with van der Waals surface area (Å²) in [5, 5.41) is 3.44. The molecule has 1 amide bonds. The average Bonchev–Trinajstić information content (AvgIpc) is 2.53. The number of hydrogen-bond acceptors (Lipinski definition) is 3. The average molecular weight is 346 g/mol. The molecule has 4 saturated carbocycles. The molecular weight excluding hydrogens is 318 g/mol. The number of thioether (sulfide) groups is 1. The van der Waals surface area contributed by atoms with Crippen LogP contribution in [-0.4, -0.2) is 23.8 Å². The molecule has 0 spiro atoms. The van der Waals surface area contributed by atoms with E-state index in [1.165, 1.54) is 38.5 Å². The maximum Gasteiger partial charge on any atom is 0.230 e. The minimum atomic E-state index is 0.130. The van der Waals surface area contributed by atoms with Crippen LogP contribution in [0.2, 0.25) is 0 Å². The van der Waals surface area contributed by atoms with Crippen LogP contribution in [0.4, 0.5) is 0 Å². The standard InChI is InChI=1S/C20H27NO2S/c1-2-23-17-3-5-18(6-4-17)24-13-19(22)21-20-10-14-7-15(11-20)9-16(8-14)12-20/h3-6,14-16H,2,7-13H2,1H3,(H,21,22). The number of amides is 1. The molecule has 0 aliphatic heterocycles. The molecule has 0 atom stereocenters. The molecule has 0 heterocycles. The van der Waals surface area contributed by atoms with Crippen LogP contribution in [0.3, 0.4) is 0 Å². The number of ether oxygens (including phenoxy) is 1. The van der Waals surface area contributed by atoms with Gasteiger partial charge >= 0.3 is 0 Å². The summed E-state index contributed by atoms with van der Waals surface area (Å²) in [4.78, 5) is 13.6. The predicted molar refractivity (Wildman–Crippen MR) is 97.4 cm³/mol. The van der Waals surface area contributed by atoms with Crippen molar-refractivity contribution in [3.8, 4) is 5.75 Å². The van der Waals surface area contributed by atoms with Crippen LogP contribution in [0.15, 0.2) is 29.2 Å². The summed E-state index contributed by atoms with van der Waals surface area (Å²) < 4.78 is 5.46. The van der Waals surface area contributed by atoms with Crippen LogP contribution in [-0.2, 0) is 4.79 Å². The van der Waals surface area contributed by atoms with E-state index in [0.29, 0.717) is 12.4 Å². The molecule has 4 fully saturated rings. The molecule has 0 radical (unpaired) electrons. The number of carbonyl (C=O) groups excluding carboxylic acids is 1. The van der Waals surface area contributed by atoms with E-state index in [2.05, 4.69) is 5.32 Å². The van der Waals surface area contributed by atoms with Crippen molar-refractivity contribution in [3.63, 3.8) is 0 Å². The quantitative estimate of drug-likeness (QED) is 0.783. The van der Waals surface area contributed by atoms with Crippen LogP contribution in [0.5, 0.6) is 5.75 Å². The first-order chi connectivity index (χ1) is 11.6. The normalized spacial score (nSPS) is 33.5. The van der Waals surface area contributed by atoms with E-state index in [0.717, 1.165) is 28.4 Å². The topological polar surface area (TPSA) is 38.3 Å². The fourth-order valence-electron chi connectivity index (χ4n) is 5.54. The molecule has 1 aromatic rings. The van der Waals surface area contributed by atoms with Gasteiger partial charge in [-0.05, 0) is 87.5 Å². The van der Waals surface area contributed by atoms with Gasteiger partial charge in [0.15, 0.2) is 0 Å². The second-order valence-electron chi connectivity index (χ2n) is 7.94. The molecule has 3 nitrogen and oxygen atoms in total. The minimum absolute atomic E-state index is 0.130. The molecule has 24 heavy (non-hydrogen) atoms. The minimum Gasteiger partial charge on any atom is -0.494 e. The van der Waals surface area contributed by atoms with Gasteiger partial charge in [0, 0.05) is 10.4 Å². The summed E-state index contributed by atoms with van der Waals surface area (Å²) in [7, 11) is 0. The SMILES string of the molecule is CCOc1ccc(SCC(=O)NC23CC4CC(CC(C4)C2)C3)cc1. The van der Waals surface area contributed by atoms with Crippen molar-refractivity contribution in [1.29, 1.82) is 0 Å². The van der Waals surface area contributed by atoms with E-state index >= 15 is 0 Å². The Morgan fingerprint density at radius 3 is 2.25 bits per heavy atom. The van der Waals surface area contributed by atoms with E-state index < -0.39 is 0 Å². The Hall–Kier alpha value is -1.16. The first-order valence-corrected chi connectivity index (χ1v) is 10.3. The maximum atomic E-state index is 12.5. The highest BCUT2D eigenvalue weighted by molar-refractivity contribution is 8.00. The second kappa shape index (κ2) is 6.62. The van der Waals surface area contributed by atoms with Crippen molar-refractivity contribution in [1.82, 2.24) is 5.32 Å². The van der Waals surface area contributed by atoms with Crippen molar-refractivity contribution in [3.05, 3.63) is 24.3 Å². The van der Waals surface area contributed by atoms with Crippen LogP contribution in [0.1, 0.15) is 45.4 Å².